The third kappa shape index (κ3) is 5.80. The fourth-order valence-electron chi connectivity index (χ4n) is 2.67. The van der Waals surface area contributed by atoms with E-state index in [1.807, 2.05) is 0 Å². The van der Waals surface area contributed by atoms with Crippen LogP contribution in [0.4, 0.5) is 0 Å². The number of rotatable bonds is 9. The minimum atomic E-state index is 0.401. The molecular weight excluding hydrogens is 256 g/mol. The van der Waals surface area contributed by atoms with E-state index in [-0.39, 0.29) is 0 Å². The van der Waals surface area contributed by atoms with E-state index in [0.717, 1.165) is 25.4 Å². The quantitative estimate of drug-likeness (QED) is 0.731. The highest BCUT2D eigenvalue weighted by Crippen LogP contribution is 2.21. The fourth-order valence-corrected chi connectivity index (χ4v) is 2.67. The number of aryl methyl sites for hydroxylation is 1. The SMILES string of the molecule is CCNC(c1ccc(CC)cc1)C(C)N(C)CCC(C)C. The molecule has 0 radical (unpaired) electrons. The third-order valence-electron chi connectivity index (χ3n) is 4.41. The zero-order chi connectivity index (χ0) is 15.8. The second-order valence-electron chi connectivity index (χ2n) is 6.53. The van der Waals surface area contributed by atoms with Crippen molar-refractivity contribution in [2.45, 2.75) is 59.5 Å². The lowest BCUT2D eigenvalue weighted by molar-refractivity contribution is 0.198. The van der Waals surface area contributed by atoms with Crippen molar-refractivity contribution in [3.63, 3.8) is 0 Å². The second kappa shape index (κ2) is 9.22. The van der Waals surface area contributed by atoms with Crippen LogP contribution in [0.1, 0.15) is 58.2 Å². The Balaban J connectivity index is 2.78. The molecule has 0 aliphatic heterocycles. The topological polar surface area (TPSA) is 15.3 Å². The summed E-state index contributed by atoms with van der Waals surface area (Å²) in [5.41, 5.74) is 2.81. The molecule has 2 atom stereocenters. The minimum absolute atomic E-state index is 0.401. The van der Waals surface area contributed by atoms with Gasteiger partial charge in [0.2, 0.25) is 0 Å². The van der Waals surface area contributed by atoms with Gasteiger partial charge in [-0.1, -0.05) is 52.0 Å². The molecule has 2 nitrogen and oxygen atoms in total. The number of hydrogen-bond donors (Lipinski definition) is 1. The molecule has 1 aromatic carbocycles. The molecule has 0 aliphatic rings. The summed E-state index contributed by atoms with van der Waals surface area (Å²) < 4.78 is 0. The largest absolute Gasteiger partial charge is 0.309 e. The van der Waals surface area contributed by atoms with Gasteiger partial charge < -0.3 is 10.2 Å². The van der Waals surface area contributed by atoms with Gasteiger partial charge in [-0.15, -0.1) is 0 Å². The molecule has 0 bridgehead atoms. The van der Waals surface area contributed by atoms with Gasteiger partial charge in [0.1, 0.15) is 0 Å². The standard InChI is InChI=1S/C19H34N2/c1-7-17-9-11-18(12-10-17)19(20-8-2)16(5)21(6)14-13-15(3)4/h9-12,15-16,19-20H,7-8,13-14H2,1-6H3. The summed E-state index contributed by atoms with van der Waals surface area (Å²) in [6.45, 7) is 13.5. The van der Waals surface area contributed by atoms with Gasteiger partial charge >= 0.3 is 0 Å². The number of likely N-dealkylation sites (N-methyl/N-ethyl adjacent to an activating group) is 2. The molecule has 0 spiro atoms. The van der Waals surface area contributed by atoms with Crippen LogP contribution < -0.4 is 5.32 Å². The molecule has 21 heavy (non-hydrogen) atoms. The highest BCUT2D eigenvalue weighted by Gasteiger charge is 2.21. The van der Waals surface area contributed by atoms with Crippen LogP contribution in [-0.2, 0) is 6.42 Å². The summed E-state index contributed by atoms with van der Waals surface area (Å²) in [6, 6.07) is 10.0. The van der Waals surface area contributed by atoms with Crippen molar-refractivity contribution in [2.75, 3.05) is 20.1 Å². The van der Waals surface area contributed by atoms with Gasteiger partial charge in [-0.2, -0.15) is 0 Å². The lowest BCUT2D eigenvalue weighted by Gasteiger charge is -2.33. The van der Waals surface area contributed by atoms with Crippen LogP contribution >= 0.6 is 0 Å². The Labute approximate surface area is 131 Å². The Hall–Kier alpha value is -0.860. The minimum Gasteiger partial charge on any atom is -0.309 e. The monoisotopic (exact) mass is 290 g/mol. The number of hydrogen-bond acceptors (Lipinski definition) is 2. The summed E-state index contributed by atoms with van der Waals surface area (Å²) in [7, 11) is 2.25. The van der Waals surface area contributed by atoms with E-state index in [1.165, 1.54) is 17.5 Å². The van der Waals surface area contributed by atoms with Crippen molar-refractivity contribution in [1.29, 1.82) is 0 Å². The van der Waals surface area contributed by atoms with E-state index in [0.29, 0.717) is 12.1 Å². The van der Waals surface area contributed by atoms with Gasteiger partial charge in [0.25, 0.3) is 0 Å². The molecule has 0 aliphatic carbocycles. The van der Waals surface area contributed by atoms with E-state index < -0.39 is 0 Å². The fraction of sp³-hybridized carbons (Fsp3) is 0.684. The van der Waals surface area contributed by atoms with Crippen LogP contribution in [0.5, 0.6) is 0 Å². The van der Waals surface area contributed by atoms with Crippen LogP contribution in [0.25, 0.3) is 0 Å². The van der Waals surface area contributed by atoms with Gasteiger partial charge in [-0.05, 0) is 56.9 Å². The number of nitrogens with zero attached hydrogens (tertiary/aromatic N) is 1. The molecule has 2 unspecified atom stereocenters. The Kier molecular flexibility index (Phi) is 7.98. The normalized spacial score (nSPS) is 14.7. The second-order valence-corrected chi connectivity index (χ2v) is 6.53. The number of benzene rings is 1. The van der Waals surface area contributed by atoms with Gasteiger partial charge in [0.05, 0.1) is 0 Å². The molecule has 1 rings (SSSR count). The van der Waals surface area contributed by atoms with Crippen molar-refractivity contribution in [2.24, 2.45) is 5.92 Å². The summed E-state index contributed by atoms with van der Waals surface area (Å²) >= 11 is 0. The van der Waals surface area contributed by atoms with Gasteiger partial charge in [-0.3, -0.25) is 0 Å². The maximum absolute atomic E-state index is 3.66. The first-order valence-corrected chi connectivity index (χ1v) is 8.52. The molecule has 0 fully saturated rings. The average Bonchev–Trinajstić information content (AvgIpc) is 2.49. The Bertz CT molecular complexity index is 383. The highest BCUT2D eigenvalue weighted by molar-refractivity contribution is 5.26. The maximum atomic E-state index is 3.66. The molecule has 0 aromatic heterocycles. The predicted octanol–water partition coefficient (Wildman–Crippen LogP) is 4.27. The van der Waals surface area contributed by atoms with Crippen molar-refractivity contribution < 1.29 is 0 Å². The molecule has 120 valence electrons. The van der Waals surface area contributed by atoms with Crippen molar-refractivity contribution in [3.8, 4) is 0 Å². The van der Waals surface area contributed by atoms with Crippen LogP contribution in [0.15, 0.2) is 24.3 Å². The van der Waals surface area contributed by atoms with Crippen molar-refractivity contribution >= 4 is 0 Å². The van der Waals surface area contributed by atoms with Crippen molar-refractivity contribution in [3.05, 3.63) is 35.4 Å². The maximum Gasteiger partial charge on any atom is 0.0475 e. The van der Waals surface area contributed by atoms with E-state index in [2.05, 4.69) is 76.1 Å². The van der Waals surface area contributed by atoms with Gasteiger partial charge in [-0.25, -0.2) is 0 Å². The Morgan fingerprint density at radius 3 is 2.14 bits per heavy atom. The summed E-state index contributed by atoms with van der Waals surface area (Å²) in [5.74, 6) is 0.765. The first kappa shape index (κ1) is 18.2. The molecule has 0 heterocycles. The van der Waals surface area contributed by atoms with Gasteiger partial charge in [0, 0.05) is 12.1 Å². The average molecular weight is 290 g/mol. The molecule has 0 amide bonds. The highest BCUT2D eigenvalue weighted by atomic mass is 15.2. The molecule has 1 N–H and O–H groups in total. The first-order valence-electron chi connectivity index (χ1n) is 8.52. The first-order chi connectivity index (χ1) is 9.99. The van der Waals surface area contributed by atoms with Crippen molar-refractivity contribution in [1.82, 2.24) is 10.2 Å². The molecule has 0 saturated carbocycles. The third-order valence-corrected chi connectivity index (χ3v) is 4.41. The zero-order valence-corrected chi connectivity index (χ0v) is 14.8. The van der Waals surface area contributed by atoms with E-state index in [4.69, 9.17) is 0 Å². The summed E-state index contributed by atoms with van der Waals surface area (Å²) in [5, 5.41) is 3.66. The van der Waals surface area contributed by atoms with Crippen LogP contribution in [0, 0.1) is 5.92 Å². The Morgan fingerprint density at radius 2 is 1.67 bits per heavy atom. The molecule has 2 heteroatoms. The molecule has 1 aromatic rings. The zero-order valence-electron chi connectivity index (χ0n) is 14.8. The molecule has 0 saturated heterocycles. The van der Waals surface area contributed by atoms with Crippen LogP contribution in [0.2, 0.25) is 0 Å². The van der Waals surface area contributed by atoms with E-state index in [9.17, 15) is 0 Å². The lowest BCUT2D eigenvalue weighted by atomic mass is 9.97. The van der Waals surface area contributed by atoms with Crippen LogP contribution in [0.3, 0.4) is 0 Å². The van der Waals surface area contributed by atoms with Gasteiger partial charge in [0.15, 0.2) is 0 Å². The Morgan fingerprint density at radius 1 is 1.05 bits per heavy atom. The van der Waals surface area contributed by atoms with E-state index in [1.54, 1.807) is 0 Å². The van der Waals surface area contributed by atoms with Crippen LogP contribution in [-0.4, -0.2) is 31.1 Å². The lowest BCUT2D eigenvalue weighted by Crippen LogP contribution is -2.41. The molecular formula is C19H34N2. The predicted molar refractivity (Wildman–Crippen MR) is 93.8 cm³/mol. The summed E-state index contributed by atoms with van der Waals surface area (Å²) in [4.78, 5) is 2.49. The number of nitrogens with one attached hydrogen (secondary N) is 1. The summed E-state index contributed by atoms with van der Waals surface area (Å²) in [6.07, 6.45) is 2.37. The van der Waals surface area contributed by atoms with E-state index >= 15 is 0 Å². The smallest absolute Gasteiger partial charge is 0.0475 e.